The molecule has 0 aliphatic carbocycles. The number of aliphatic hydroxyl groups is 5. The highest BCUT2D eigenvalue weighted by atomic mass is 33.1. The number of aliphatic carboxylic acids is 1. The molecule has 8 unspecified atom stereocenters. The van der Waals surface area contributed by atoms with E-state index >= 15 is 0 Å². The molecule has 1 aliphatic rings. The van der Waals surface area contributed by atoms with Crippen LogP contribution in [0.25, 0.3) is 0 Å². The number of amides is 8. The molecule has 0 saturated carbocycles. The summed E-state index contributed by atoms with van der Waals surface area (Å²) in [7, 11) is 17.6. The molecule has 1 saturated heterocycles. The van der Waals surface area contributed by atoms with Crippen molar-refractivity contribution in [3.05, 3.63) is 35.9 Å². The molecule has 0 bridgehead atoms. The number of nitrogens with one attached hydrogen (secondary N) is 6. The van der Waals surface area contributed by atoms with Crippen molar-refractivity contribution in [2.45, 2.75) is 341 Å². The number of rotatable bonds is 75. The van der Waals surface area contributed by atoms with Crippen LogP contribution in [0, 0.1) is 23.7 Å². The number of carbonyl (C=O) groups is 13. The van der Waals surface area contributed by atoms with Gasteiger partial charge in [-0.1, -0.05) is 135 Å². The van der Waals surface area contributed by atoms with Gasteiger partial charge in [-0.3, -0.25) is 62.4 Å². The highest BCUT2D eigenvalue weighted by Gasteiger charge is 2.44. The minimum absolute atomic E-state index is 0.00492. The van der Waals surface area contributed by atoms with Gasteiger partial charge in [-0.2, -0.15) is 0 Å². The Hall–Kier alpha value is -7.61. The average Bonchev–Trinajstić information content (AvgIpc) is 1.72. The number of carbonyl (C=O) groups excluding carboxylic acids is 12. The normalized spacial score (nSPS) is 16.1. The van der Waals surface area contributed by atoms with Crippen molar-refractivity contribution in [3.8, 4) is 0 Å². The summed E-state index contributed by atoms with van der Waals surface area (Å²) >= 11 is 0. The van der Waals surface area contributed by atoms with E-state index < -0.39 is 133 Å². The first-order chi connectivity index (χ1) is 67.9. The summed E-state index contributed by atoms with van der Waals surface area (Å²) in [4.78, 5) is 170. The van der Waals surface area contributed by atoms with E-state index in [1.54, 1.807) is 45.4 Å². The molecule has 2 rings (SSSR count). The second-order valence-corrected chi connectivity index (χ2v) is 39.2. The maximum atomic E-state index is 14.5. The number of carboxylic acids is 1. The summed E-state index contributed by atoms with van der Waals surface area (Å²) in [5, 5.41) is 70.2. The lowest BCUT2D eigenvalue weighted by Crippen LogP contribution is -2.59. The molecule has 0 spiro atoms. The quantitative estimate of drug-likeness (QED) is 0.0111. The lowest BCUT2D eigenvalue weighted by molar-refractivity contribution is -0.194. The number of nitrogens with zero attached hydrogens (tertiary/aromatic N) is 3. The molecule has 8 amide bonds. The summed E-state index contributed by atoms with van der Waals surface area (Å²) in [6, 6.07) is 4.97. The Morgan fingerprint density at radius 3 is 1.38 bits per heavy atom. The van der Waals surface area contributed by atoms with Crippen LogP contribution in [0.1, 0.15) is 237 Å². The van der Waals surface area contributed by atoms with Gasteiger partial charge in [0.25, 0.3) is 0 Å². The number of aliphatic hydroxyl groups excluding tert-OH is 5. The van der Waals surface area contributed by atoms with Crippen LogP contribution in [0.3, 0.4) is 0 Å². The van der Waals surface area contributed by atoms with Gasteiger partial charge in [-0.15, -0.1) is 0 Å². The van der Waals surface area contributed by atoms with Gasteiger partial charge in [0.05, 0.1) is 107 Å². The molecular formula is C99H179N9O33S2. The maximum Gasteiger partial charge on any atom is 0.328 e. The van der Waals surface area contributed by atoms with Crippen molar-refractivity contribution in [1.29, 1.82) is 0 Å². The number of benzene rings is 1. The van der Waals surface area contributed by atoms with Crippen molar-refractivity contribution >= 4 is 98.7 Å². The number of hydrogen-bond donors (Lipinski definition) is 12. The van der Waals surface area contributed by atoms with Gasteiger partial charge < -0.3 is 139 Å². The fourth-order valence-electron chi connectivity index (χ4n) is 14.7. The maximum absolute atomic E-state index is 14.5. The third-order valence-electron chi connectivity index (χ3n) is 23.4. The SMILES string of the molecule is CCC(CO)OC(CO)OC.CCC(CO)OC(COC(=O)CCCC(=O)NCCCNC(=O)CCC(C)(C)SSC)OC.CCC(CO)OC(COC(=O)CCCC(=O)N[C@H](C)C(=O)OCCCNC(=O)[C@H](Cc1ccccc1)NC(=O)[C@H](C)[C@@H](OC)[C@@H]1CCCN1C(=O)C[C@@H](OC)[C@H]([C@@H](C)CC)N(C)C(=O)[C@@H](NC(=O)[C@H](C(C)C)N(C)C)C(C)C)OC.CCC(CO)OC(COC(=O)CCCC(=O)O)OC. The highest BCUT2D eigenvalue weighted by molar-refractivity contribution is 8.76. The number of hydrogen-bond acceptors (Lipinski definition) is 35. The van der Waals surface area contributed by atoms with E-state index in [9.17, 15) is 67.4 Å². The molecule has 44 heteroatoms. The van der Waals surface area contributed by atoms with Crippen molar-refractivity contribution in [2.75, 3.05) is 156 Å². The molecule has 143 heavy (non-hydrogen) atoms. The monoisotopic (exact) mass is 2090 g/mol. The van der Waals surface area contributed by atoms with Crippen molar-refractivity contribution in [1.82, 2.24) is 46.6 Å². The molecule has 0 aromatic heterocycles. The van der Waals surface area contributed by atoms with Crippen LogP contribution in [-0.2, 0) is 135 Å². The Labute approximate surface area is 856 Å². The summed E-state index contributed by atoms with van der Waals surface area (Å²) in [5.41, 5.74) is 0.802. The predicted molar refractivity (Wildman–Crippen MR) is 540 cm³/mol. The van der Waals surface area contributed by atoms with E-state index in [0.29, 0.717) is 83.8 Å². The molecule has 830 valence electrons. The molecule has 18 atom stereocenters. The Kier molecular flexibility index (Phi) is 78.2. The lowest BCUT2D eigenvalue weighted by atomic mass is 9.89. The van der Waals surface area contributed by atoms with Crippen LogP contribution >= 0.6 is 21.6 Å². The molecule has 1 aromatic rings. The summed E-state index contributed by atoms with van der Waals surface area (Å²) < 4.78 is 74.1. The van der Waals surface area contributed by atoms with Gasteiger partial charge in [0.2, 0.25) is 47.3 Å². The summed E-state index contributed by atoms with van der Waals surface area (Å²) in [6.45, 7) is 27.0. The van der Waals surface area contributed by atoms with Crippen LogP contribution in [-0.4, -0.2) is 381 Å². The largest absolute Gasteiger partial charge is 0.481 e. The van der Waals surface area contributed by atoms with E-state index in [1.807, 2.05) is 125 Å². The Morgan fingerprint density at radius 1 is 0.503 bits per heavy atom. The molecule has 1 aliphatic heterocycles. The predicted octanol–water partition coefficient (Wildman–Crippen LogP) is 6.32. The second kappa shape index (κ2) is 81.4. The van der Waals surface area contributed by atoms with Gasteiger partial charge >= 0.3 is 29.8 Å². The molecule has 1 fully saturated rings. The first-order valence-electron chi connectivity index (χ1n) is 49.8. The van der Waals surface area contributed by atoms with E-state index in [0.717, 1.165) is 12.0 Å². The van der Waals surface area contributed by atoms with E-state index in [2.05, 4.69) is 45.7 Å². The van der Waals surface area contributed by atoms with Crippen LogP contribution in [0.5, 0.6) is 0 Å². The number of likely N-dealkylation sites (tertiary alicyclic amines) is 1. The number of likely N-dealkylation sites (N-methyl/N-ethyl adjacent to an activating group) is 2. The smallest absolute Gasteiger partial charge is 0.328 e. The first kappa shape index (κ1) is 137. The third-order valence-corrected chi connectivity index (χ3v) is 26.1. The molecule has 0 radical (unpaired) electrons. The number of esters is 4. The molecule has 12 N–H and O–H groups in total. The van der Waals surface area contributed by atoms with Crippen LogP contribution in [0.2, 0.25) is 0 Å². The van der Waals surface area contributed by atoms with E-state index in [-0.39, 0.29) is 207 Å². The summed E-state index contributed by atoms with van der Waals surface area (Å²) in [5.74, 6) is -6.47. The van der Waals surface area contributed by atoms with Crippen molar-refractivity contribution < 1.29 is 159 Å². The minimum atomic E-state index is -1.000. The number of methoxy groups -OCH3 is 6. The Balaban J connectivity index is 0. The highest BCUT2D eigenvalue weighted by Crippen LogP contribution is 2.37. The number of carboxylic acid groups (broad SMARTS) is 1. The second-order valence-electron chi connectivity index (χ2n) is 36.1. The minimum Gasteiger partial charge on any atom is -0.481 e. The van der Waals surface area contributed by atoms with E-state index in [4.69, 9.17) is 91.8 Å². The van der Waals surface area contributed by atoms with Gasteiger partial charge in [-0.25, -0.2) is 4.79 Å². The fraction of sp³-hybridized carbons (Fsp3) is 0.808. The zero-order chi connectivity index (χ0) is 109. The van der Waals surface area contributed by atoms with Gasteiger partial charge in [0, 0.05) is 132 Å². The molecule has 42 nitrogen and oxygen atoms in total. The lowest BCUT2D eigenvalue weighted by Gasteiger charge is -2.41. The van der Waals surface area contributed by atoms with Crippen LogP contribution in [0.15, 0.2) is 30.3 Å². The van der Waals surface area contributed by atoms with Crippen molar-refractivity contribution in [2.24, 2.45) is 23.7 Å². The Bertz CT molecular complexity index is 3630. The molecule has 1 aromatic carbocycles. The Morgan fingerprint density at radius 2 is 0.965 bits per heavy atom. The van der Waals surface area contributed by atoms with Crippen molar-refractivity contribution in [3.63, 3.8) is 0 Å². The first-order valence-corrected chi connectivity index (χ1v) is 52.3. The zero-order valence-corrected chi connectivity index (χ0v) is 91.2. The van der Waals surface area contributed by atoms with Gasteiger partial charge in [-0.05, 0) is 141 Å². The summed E-state index contributed by atoms with van der Waals surface area (Å²) in [6.07, 6.45) is 3.86. The van der Waals surface area contributed by atoms with Gasteiger partial charge in [0.1, 0.15) is 37.9 Å². The molecular weight excluding hydrogens is 1910 g/mol. The van der Waals surface area contributed by atoms with Crippen LogP contribution in [0.4, 0.5) is 0 Å². The molecule has 1 heterocycles. The van der Waals surface area contributed by atoms with Crippen LogP contribution < -0.4 is 31.9 Å². The van der Waals surface area contributed by atoms with Gasteiger partial charge in [0.15, 0.2) is 25.2 Å². The third kappa shape index (κ3) is 60.5. The zero-order valence-electron chi connectivity index (χ0n) is 89.5. The topological polar surface area (TPSA) is 554 Å². The number of ether oxygens (including phenoxy) is 14. The average molecular weight is 2090 g/mol. The standard InChI is InChI=1S/C58H99N7O15.C22H42N2O7S2.C12H22O7.C7H16O4/c1-16-38(7)52(64(12)57(73)50(36(3)4)62-56(72)51(37(5)6)63(10)11)45(75-13)33-47(68)65-30-22-26-44(65)53(77-15)39(8)54(70)61-43(32-41-24-19-18-20-25-41)55(71)59-29-23-31-78-58(74)40(9)60-46(67)27-21-28-48(69)79-35-49(76-14)80-42(17-2)34-66;1-6-17(15-25)31-21(29-4)16-30-20(28)10-7-9-18(26)23-13-8-14-24-19(27)11-12-22(2,3)33-32-5;1-3-9(7-13)19-12(17-2)8-18-11(16)6-4-5-10(14)15;1-3-6(4-8)11-7(5-9)10-2/h18-20,24-25,36-40,42-45,49-53,66H,16-17,21-23,26-35H2,1-15H3,(H,59,71)(H,60,67)(H,61,70)(H,62,72);17,21,25H,6-16H2,1-5H3,(H,23,26)(H,24,27);9,12-13H,3-8H2,1-2H3,(H,14,15);6-9H,3-5H2,1-2H3/t38-,39+,40+,42?,43-,44-,45+,49?,50-,51-,52-,53+;;;/m0.../s1. The fourth-order valence-corrected chi connectivity index (χ4v) is 17.0. The van der Waals surface area contributed by atoms with E-state index in [1.165, 1.54) is 49.6 Å².